The third-order valence-electron chi connectivity index (χ3n) is 5.55. The van der Waals surface area contributed by atoms with Gasteiger partial charge in [-0.2, -0.15) is 0 Å². The summed E-state index contributed by atoms with van der Waals surface area (Å²) in [4.78, 5) is 0. The summed E-state index contributed by atoms with van der Waals surface area (Å²) < 4.78 is 13.3. The highest BCUT2D eigenvalue weighted by Gasteiger charge is 2.36. The van der Waals surface area contributed by atoms with Crippen molar-refractivity contribution in [2.45, 2.75) is 143 Å². The molecule has 0 atom stereocenters. The van der Waals surface area contributed by atoms with E-state index in [4.69, 9.17) is 8.85 Å². The Kier molecular flexibility index (Phi) is 21.0. The quantitative estimate of drug-likeness (QED) is 0.133. The van der Waals surface area contributed by atoms with Crippen molar-refractivity contribution in [3.8, 4) is 0 Å². The number of rotatable bonds is 22. The van der Waals surface area contributed by atoms with E-state index in [1.807, 2.05) is 0 Å². The number of hydrogen-bond acceptors (Lipinski definition) is 2. The molecule has 0 N–H and O–H groups in total. The number of unbranched alkanes of at least 4 members (excludes halogenated alkanes) is 12. The molecule has 0 spiro atoms. The van der Waals surface area contributed by atoms with Gasteiger partial charge >= 0.3 is 8.56 Å². The Morgan fingerprint density at radius 2 is 0.741 bits per heavy atom. The van der Waals surface area contributed by atoms with Gasteiger partial charge in [0, 0.05) is 13.2 Å². The van der Waals surface area contributed by atoms with Crippen molar-refractivity contribution in [2.75, 3.05) is 13.2 Å². The number of hydrogen-bond donors (Lipinski definition) is 0. The van der Waals surface area contributed by atoms with Crippen LogP contribution in [0.4, 0.5) is 0 Å². The zero-order valence-electron chi connectivity index (χ0n) is 19.5. The summed E-state index contributed by atoms with van der Waals surface area (Å²) in [7, 11) is -2.01. The Hall–Kier alpha value is 0.137. The molecule has 164 valence electrons. The van der Waals surface area contributed by atoms with Crippen LogP contribution in [0.5, 0.6) is 0 Å². The molecule has 0 aromatic rings. The minimum Gasteiger partial charge on any atom is -0.394 e. The van der Waals surface area contributed by atoms with Crippen LogP contribution in [0, 0.1) is 0 Å². The molecule has 2 nitrogen and oxygen atoms in total. The minimum absolute atomic E-state index is 0.935. The summed E-state index contributed by atoms with van der Waals surface area (Å²) in [5.41, 5.74) is 0. The molecular formula is C24H52O2Si. The van der Waals surface area contributed by atoms with E-state index in [1.54, 1.807) is 0 Å². The predicted molar refractivity (Wildman–Crippen MR) is 124 cm³/mol. The first-order valence-corrected chi connectivity index (χ1v) is 14.8. The van der Waals surface area contributed by atoms with Crippen LogP contribution < -0.4 is 0 Å². The van der Waals surface area contributed by atoms with Gasteiger partial charge in [-0.25, -0.2) is 0 Å². The van der Waals surface area contributed by atoms with Gasteiger partial charge in [-0.3, -0.25) is 0 Å². The van der Waals surface area contributed by atoms with Crippen molar-refractivity contribution >= 4 is 8.56 Å². The van der Waals surface area contributed by atoms with Gasteiger partial charge in [0.05, 0.1) is 0 Å². The maximum atomic E-state index is 6.65. The lowest BCUT2D eigenvalue weighted by molar-refractivity contribution is 0.159. The molecule has 0 bridgehead atoms. The summed E-state index contributed by atoms with van der Waals surface area (Å²) in [5.74, 6) is 0. The first-order chi connectivity index (χ1) is 13.2. The zero-order valence-corrected chi connectivity index (χ0v) is 20.5. The van der Waals surface area contributed by atoms with E-state index < -0.39 is 8.56 Å². The van der Waals surface area contributed by atoms with Gasteiger partial charge in [-0.05, 0) is 24.9 Å². The van der Waals surface area contributed by atoms with E-state index in [0.29, 0.717) is 0 Å². The van der Waals surface area contributed by atoms with Crippen LogP contribution in [0.3, 0.4) is 0 Å². The highest BCUT2D eigenvalue weighted by Crippen LogP contribution is 2.27. The normalized spacial score (nSPS) is 12.0. The Morgan fingerprint density at radius 3 is 1.11 bits per heavy atom. The molecule has 0 aliphatic rings. The Labute approximate surface area is 173 Å². The molecule has 0 amide bonds. The fourth-order valence-corrected chi connectivity index (χ4v) is 7.19. The van der Waals surface area contributed by atoms with Gasteiger partial charge in [0.2, 0.25) is 0 Å². The average Bonchev–Trinajstić information content (AvgIpc) is 2.67. The first kappa shape index (κ1) is 27.1. The standard InChI is InChI=1S/C24H52O2Si/c1-5-9-13-15-17-21-25-27(23-19-11-7-3,24-20-12-8-4)26-22-18-16-14-10-6-2/h5-24H2,1-4H3. The highest BCUT2D eigenvalue weighted by atomic mass is 28.4. The molecular weight excluding hydrogens is 348 g/mol. The Bertz CT molecular complexity index is 256. The molecule has 0 rings (SSSR count). The maximum Gasteiger partial charge on any atom is 0.338 e. The molecule has 3 heteroatoms. The van der Waals surface area contributed by atoms with Crippen LogP contribution in [-0.2, 0) is 8.85 Å². The summed E-state index contributed by atoms with van der Waals surface area (Å²) in [6.45, 7) is 11.0. The molecule has 0 saturated heterocycles. The lowest BCUT2D eigenvalue weighted by Crippen LogP contribution is -2.42. The molecule has 27 heavy (non-hydrogen) atoms. The van der Waals surface area contributed by atoms with Crippen LogP contribution in [-0.4, -0.2) is 21.8 Å². The second-order valence-electron chi connectivity index (χ2n) is 8.35. The molecule has 0 aromatic carbocycles. The van der Waals surface area contributed by atoms with E-state index in [2.05, 4.69) is 27.7 Å². The molecule has 0 unspecified atom stereocenters. The molecule has 0 fully saturated rings. The van der Waals surface area contributed by atoms with Gasteiger partial charge in [-0.15, -0.1) is 0 Å². The van der Waals surface area contributed by atoms with E-state index in [0.717, 1.165) is 13.2 Å². The fourth-order valence-electron chi connectivity index (χ4n) is 3.67. The van der Waals surface area contributed by atoms with Crippen molar-refractivity contribution < 1.29 is 8.85 Å². The fraction of sp³-hybridized carbons (Fsp3) is 1.00. The Morgan fingerprint density at radius 1 is 0.407 bits per heavy atom. The molecule has 0 aromatic heterocycles. The Balaban J connectivity index is 4.52. The molecule has 0 aliphatic heterocycles. The lowest BCUT2D eigenvalue weighted by atomic mass is 10.2. The third-order valence-corrected chi connectivity index (χ3v) is 9.24. The van der Waals surface area contributed by atoms with Crippen molar-refractivity contribution in [3.63, 3.8) is 0 Å². The lowest BCUT2D eigenvalue weighted by Gasteiger charge is -2.31. The topological polar surface area (TPSA) is 18.5 Å². The van der Waals surface area contributed by atoms with Crippen LogP contribution >= 0.6 is 0 Å². The second kappa shape index (κ2) is 20.9. The van der Waals surface area contributed by atoms with Gasteiger partial charge in [0.1, 0.15) is 0 Å². The summed E-state index contributed by atoms with van der Waals surface area (Å²) in [6, 6.07) is 2.43. The smallest absolute Gasteiger partial charge is 0.338 e. The van der Waals surface area contributed by atoms with Crippen LogP contribution in [0.1, 0.15) is 130 Å². The van der Waals surface area contributed by atoms with E-state index in [1.165, 1.54) is 115 Å². The minimum atomic E-state index is -2.01. The van der Waals surface area contributed by atoms with E-state index in [-0.39, 0.29) is 0 Å². The second-order valence-corrected chi connectivity index (χ2v) is 11.7. The van der Waals surface area contributed by atoms with Gasteiger partial charge in [0.25, 0.3) is 0 Å². The summed E-state index contributed by atoms with van der Waals surface area (Å²) in [6.07, 6.45) is 20.9. The SMILES string of the molecule is CCCCCCCO[Si](CCCCC)(CCCCC)OCCCCCCC. The molecule has 0 saturated carbocycles. The maximum absolute atomic E-state index is 6.65. The van der Waals surface area contributed by atoms with Gasteiger partial charge in [-0.1, -0.05) is 118 Å². The van der Waals surface area contributed by atoms with Gasteiger partial charge < -0.3 is 8.85 Å². The molecule has 0 heterocycles. The van der Waals surface area contributed by atoms with E-state index in [9.17, 15) is 0 Å². The molecule has 0 radical (unpaired) electrons. The van der Waals surface area contributed by atoms with Gasteiger partial charge in [0.15, 0.2) is 0 Å². The first-order valence-electron chi connectivity index (χ1n) is 12.5. The zero-order chi connectivity index (χ0) is 20.1. The van der Waals surface area contributed by atoms with E-state index >= 15 is 0 Å². The van der Waals surface area contributed by atoms with Crippen molar-refractivity contribution in [2.24, 2.45) is 0 Å². The van der Waals surface area contributed by atoms with Crippen LogP contribution in [0.25, 0.3) is 0 Å². The largest absolute Gasteiger partial charge is 0.394 e. The van der Waals surface area contributed by atoms with Crippen molar-refractivity contribution in [3.05, 3.63) is 0 Å². The third kappa shape index (κ3) is 16.8. The summed E-state index contributed by atoms with van der Waals surface area (Å²) >= 11 is 0. The van der Waals surface area contributed by atoms with Crippen molar-refractivity contribution in [1.29, 1.82) is 0 Å². The monoisotopic (exact) mass is 400 g/mol. The molecule has 0 aliphatic carbocycles. The highest BCUT2D eigenvalue weighted by molar-refractivity contribution is 6.67. The van der Waals surface area contributed by atoms with Crippen LogP contribution in [0.2, 0.25) is 12.1 Å². The average molecular weight is 401 g/mol. The predicted octanol–water partition coefficient (Wildman–Crippen LogP) is 8.78. The van der Waals surface area contributed by atoms with Crippen LogP contribution in [0.15, 0.2) is 0 Å². The summed E-state index contributed by atoms with van der Waals surface area (Å²) in [5, 5.41) is 0. The van der Waals surface area contributed by atoms with Crippen molar-refractivity contribution in [1.82, 2.24) is 0 Å².